The molecule has 0 radical (unpaired) electrons. The van der Waals surface area contributed by atoms with Crippen LogP contribution in [0, 0.1) is 0 Å². The lowest BCUT2D eigenvalue weighted by molar-refractivity contribution is 0.587. The Morgan fingerprint density at radius 2 is 1.83 bits per heavy atom. The van der Waals surface area contributed by atoms with Crippen molar-refractivity contribution in [2.45, 2.75) is 0 Å². The lowest BCUT2D eigenvalue weighted by Gasteiger charge is -1.96. The van der Waals surface area contributed by atoms with Crippen molar-refractivity contribution in [3.8, 4) is 0 Å². The third-order valence-corrected chi connectivity index (χ3v) is 1.13. The molecule has 0 saturated heterocycles. The van der Waals surface area contributed by atoms with Crippen LogP contribution in [0.4, 0.5) is 0 Å². The highest BCUT2D eigenvalue weighted by atomic mass is 32.2. The van der Waals surface area contributed by atoms with E-state index in [1.54, 1.807) is 12.4 Å². The van der Waals surface area contributed by atoms with E-state index in [0.717, 1.165) is 0 Å². The number of rotatable bonds is 0. The molecule has 0 saturated carbocycles. The molecule has 0 aromatic heterocycles. The summed E-state index contributed by atoms with van der Waals surface area (Å²) in [5, 5.41) is 0. The van der Waals surface area contributed by atoms with Crippen LogP contribution >= 0.6 is 0 Å². The maximum Gasteiger partial charge on any atom is 0.191 e. The van der Waals surface area contributed by atoms with Gasteiger partial charge in [0.2, 0.25) is 0 Å². The van der Waals surface area contributed by atoms with Crippen LogP contribution in [0.5, 0.6) is 0 Å². The third-order valence-electron chi connectivity index (χ3n) is 0.433. The Labute approximate surface area is 38.9 Å². The van der Waals surface area contributed by atoms with Crippen molar-refractivity contribution in [3.05, 3.63) is 12.4 Å². The van der Waals surface area contributed by atoms with Crippen LogP contribution < -0.4 is 9.44 Å². The standard InChI is InChI=1S/C2H4N2OS/c5-6-3-1-2-4-6/h1-4H. The van der Waals surface area contributed by atoms with E-state index in [0.29, 0.717) is 0 Å². The summed E-state index contributed by atoms with van der Waals surface area (Å²) in [5.74, 6) is 0. The fourth-order valence-corrected chi connectivity index (χ4v) is 0.677. The van der Waals surface area contributed by atoms with E-state index in [1.807, 2.05) is 0 Å². The second-order valence-corrected chi connectivity index (χ2v) is 1.85. The van der Waals surface area contributed by atoms with Crippen molar-refractivity contribution in [2.75, 3.05) is 0 Å². The van der Waals surface area contributed by atoms with Crippen LogP contribution in [0.25, 0.3) is 0 Å². The first kappa shape index (κ1) is 3.83. The van der Waals surface area contributed by atoms with Gasteiger partial charge in [-0.05, 0) is 0 Å². The van der Waals surface area contributed by atoms with E-state index >= 15 is 0 Å². The van der Waals surface area contributed by atoms with E-state index < -0.39 is 11.5 Å². The van der Waals surface area contributed by atoms with Crippen LogP contribution in [0.3, 0.4) is 0 Å². The van der Waals surface area contributed by atoms with Gasteiger partial charge >= 0.3 is 0 Å². The van der Waals surface area contributed by atoms with Crippen molar-refractivity contribution in [2.24, 2.45) is 0 Å². The molecular formula is C2H4N2OS. The summed E-state index contributed by atoms with van der Waals surface area (Å²) >= 11 is -1.03. The topological polar surface area (TPSA) is 47.1 Å². The minimum atomic E-state index is -1.03. The zero-order chi connectivity index (χ0) is 4.41. The lowest BCUT2D eigenvalue weighted by Crippen LogP contribution is -2.22. The molecule has 0 aromatic carbocycles. The highest BCUT2D eigenvalue weighted by Crippen LogP contribution is 1.82. The summed E-state index contributed by atoms with van der Waals surface area (Å²) in [6.45, 7) is 0. The first-order chi connectivity index (χ1) is 2.89. The molecule has 0 unspecified atom stereocenters. The summed E-state index contributed by atoms with van der Waals surface area (Å²) in [6.07, 6.45) is 3.19. The molecule has 1 aliphatic rings. The number of hydrogen-bond donors (Lipinski definition) is 2. The van der Waals surface area contributed by atoms with Crippen LogP contribution in [0.15, 0.2) is 12.4 Å². The molecule has 0 amide bonds. The van der Waals surface area contributed by atoms with E-state index in [9.17, 15) is 4.55 Å². The molecule has 34 valence electrons. The molecule has 0 bridgehead atoms. The largest absolute Gasteiger partial charge is 0.568 e. The van der Waals surface area contributed by atoms with Crippen molar-refractivity contribution < 1.29 is 4.55 Å². The Morgan fingerprint density at radius 1 is 1.33 bits per heavy atom. The monoisotopic (exact) mass is 104 g/mol. The van der Waals surface area contributed by atoms with Gasteiger partial charge in [0.05, 0.1) is 12.4 Å². The lowest BCUT2D eigenvalue weighted by atomic mass is 11.0. The minimum Gasteiger partial charge on any atom is -0.568 e. The van der Waals surface area contributed by atoms with Gasteiger partial charge in [-0.15, -0.1) is 0 Å². The number of nitrogens with one attached hydrogen (secondary N) is 2. The van der Waals surface area contributed by atoms with Crippen LogP contribution in [-0.2, 0) is 11.5 Å². The smallest absolute Gasteiger partial charge is 0.191 e. The minimum absolute atomic E-state index is 1.03. The first-order valence-corrected chi connectivity index (χ1v) is 2.64. The average molecular weight is 104 g/mol. The summed E-state index contributed by atoms with van der Waals surface area (Å²) in [4.78, 5) is 0. The van der Waals surface area contributed by atoms with E-state index in [1.165, 1.54) is 0 Å². The van der Waals surface area contributed by atoms with Gasteiger partial charge in [0.15, 0.2) is 11.5 Å². The SMILES string of the molecule is [O-][S+]1NC=CN1. The second-order valence-electron chi connectivity index (χ2n) is 0.838. The van der Waals surface area contributed by atoms with Crippen molar-refractivity contribution in [1.29, 1.82) is 0 Å². The summed E-state index contributed by atoms with van der Waals surface area (Å²) in [5.41, 5.74) is 0. The molecular weight excluding hydrogens is 100 g/mol. The quantitative estimate of drug-likeness (QED) is 0.397. The molecule has 0 aromatic rings. The Bertz CT molecular complexity index is 65.9. The van der Waals surface area contributed by atoms with E-state index in [2.05, 4.69) is 9.44 Å². The van der Waals surface area contributed by atoms with Crippen LogP contribution in [0.1, 0.15) is 0 Å². The molecule has 1 aliphatic heterocycles. The predicted octanol–water partition coefficient (Wildman–Crippen LogP) is -0.771. The zero-order valence-electron chi connectivity index (χ0n) is 2.97. The molecule has 1 heterocycles. The van der Waals surface area contributed by atoms with Gasteiger partial charge < -0.3 is 4.55 Å². The summed E-state index contributed by atoms with van der Waals surface area (Å²) in [7, 11) is 0. The maximum atomic E-state index is 10.1. The average Bonchev–Trinajstić information content (AvgIpc) is 1.86. The first-order valence-electron chi connectivity index (χ1n) is 1.49. The Kier molecular flexibility index (Phi) is 0.894. The van der Waals surface area contributed by atoms with Gasteiger partial charge in [0.1, 0.15) is 0 Å². The van der Waals surface area contributed by atoms with E-state index in [-0.39, 0.29) is 0 Å². The third kappa shape index (κ3) is 0.580. The Balaban J connectivity index is 2.32. The molecule has 1 rings (SSSR count). The Hall–Kier alpha value is -0.350. The molecule has 0 aliphatic carbocycles. The second kappa shape index (κ2) is 1.40. The van der Waals surface area contributed by atoms with Crippen LogP contribution in [-0.4, -0.2) is 4.55 Å². The van der Waals surface area contributed by atoms with Gasteiger partial charge in [-0.25, -0.2) is 0 Å². The predicted molar refractivity (Wildman–Crippen MR) is 23.6 cm³/mol. The van der Waals surface area contributed by atoms with Gasteiger partial charge in [-0.2, -0.15) is 9.44 Å². The summed E-state index contributed by atoms with van der Waals surface area (Å²) in [6, 6.07) is 0. The molecule has 0 spiro atoms. The highest BCUT2D eigenvalue weighted by Gasteiger charge is 2.01. The fourth-order valence-electron chi connectivity index (χ4n) is 0.226. The van der Waals surface area contributed by atoms with Crippen molar-refractivity contribution in [3.63, 3.8) is 0 Å². The zero-order valence-corrected chi connectivity index (χ0v) is 3.79. The molecule has 3 nitrogen and oxygen atoms in total. The number of hydrogen-bond acceptors (Lipinski definition) is 3. The van der Waals surface area contributed by atoms with E-state index in [4.69, 9.17) is 0 Å². The van der Waals surface area contributed by atoms with Gasteiger partial charge in [-0.1, -0.05) is 0 Å². The molecule has 6 heavy (non-hydrogen) atoms. The van der Waals surface area contributed by atoms with Gasteiger partial charge in [0, 0.05) is 0 Å². The van der Waals surface area contributed by atoms with Crippen molar-refractivity contribution >= 4 is 11.5 Å². The highest BCUT2D eigenvalue weighted by molar-refractivity contribution is 7.87. The van der Waals surface area contributed by atoms with Crippen LogP contribution in [0.2, 0.25) is 0 Å². The molecule has 2 N–H and O–H groups in total. The molecule has 0 atom stereocenters. The summed E-state index contributed by atoms with van der Waals surface area (Å²) < 4.78 is 15.1. The molecule has 0 fully saturated rings. The normalized spacial score (nSPS) is 20.2. The van der Waals surface area contributed by atoms with Gasteiger partial charge in [0.25, 0.3) is 0 Å². The van der Waals surface area contributed by atoms with Gasteiger partial charge in [-0.3, -0.25) is 0 Å². The van der Waals surface area contributed by atoms with Crippen molar-refractivity contribution in [1.82, 2.24) is 9.44 Å². The maximum absolute atomic E-state index is 10.1. The molecule has 4 heteroatoms. The Morgan fingerprint density at radius 3 is 2.00 bits per heavy atom. The fraction of sp³-hybridized carbons (Fsp3) is 0.